The fourth-order valence-electron chi connectivity index (χ4n) is 1.40. The van der Waals surface area contributed by atoms with Crippen molar-refractivity contribution < 1.29 is 4.74 Å². The molecule has 1 atom stereocenters. The first-order valence-corrected chi connectivity index (χ1v) is 6.77. The Morgan fingerprint density at radius 2 is 2.29 bits per heavy atom. The standard InChI is InChI=1S/C13H18N2OS/c1-3-12(15)9-17-8-11-6-10(7-14)4-5-13(11)16-2/h4-6,12H,3,8-9,15H2,1-2H3. The highest BCUT2D eigenvalue weighted by atomic mass is 32.2. The fourth-order valence-corrected chi connectivity index (χ4v) is 2.50. The van der Waals surface area contributed by atoms with Crippen molar-refractivity contribution in [3.05, 3.63) is 29.3 Å². The van der Waals surface area contributed by atoms with E-state index in [4.69, 9.17) is 15.7 Å². The summed E-state index contributed by atoms with van der Waals surface area (Å²) in [5.74, 6) is 2.59. The van der Waals surface area contributed by atoms with Gasteiger partial charge < -0.3 is 10.5 Å². The number of hydrogen-bond donors (Lipinski definition) is 1. The third-order valence-corrected chi connectivity index (χ3v) is 3.70. The molecule has 0 aliphatic rings. The van der Waals surface area contributed by atoms with Gasteiger partial charge in [-0.05, 0) is 24.6 Å². The van der Waals surface area contributed by atoms with Crippen molar-refractivity contribution in [3.8, 4) is 11.8 Å². The number of benzene rings is 1. The Kier molecular flexibility index (Phi) is 5.88. The minimum absolute atomic E-state index is 0.241. The molecule has 0 spiro atoms. The minimum atomic E-state index is 0.241. The first-order chi connectivity index (χ1) is 8.21. The summed E-state index contributed by atoms with van der Waals surface area (Å²) in [6.07, 6.45) is 0.988. The lowest BCUT2D eigenvalue weighted by Gasteiger charge is -2.11. The lowest BCUT2D eigenvalue weighted by Crippen LogP contribution is -2.21. The van der Waals surface area contributed by atoms with Crippen LogP contribution in [0.5, 0.6) is 5.75 Å². The van der Waals surface area contributed by atoms with E-state index in [9.17, 15) is 0 Å². The maximum absolute atomic E-state index is 8.86. The van der Waals surface area contributed by atoms with E-state index in [1.54, 1.807) is 24.9 Å². The maximum atomic E-state index is 8.86. The highest BCUT2D eigenvalue weighted by molar-refractivity contribution is 7.98. The number of methoxy groups -OCH3 is 1. The van der Waals surface area contributed by atoms with Gasteiger partial charge in [-0.2, -0.15) is 17.0 Å². The molecule has 17 heavy (non-hydrogen) atoms. The first-order valence-electron chi connectivity index (χ1n) is 5.61. The zero-order chi connectivity index (χ0) is 12.7. The minimum Gasteiger partial charge on any atom is -0.496 e. The van der Waals surface area contributed by atoms with Crippen LogP contribution in [0.3, 0.4) is 0 Å². The predicted octanol–water partition coefficient (Wildman–Crippen LogP) is 2.54. The van der Waals surface area contributed by atoms with E-state index in [0.29, 0.717) is 5.56 Å². The molecule has 0 amide bonds. The van der Waals surface area contributed by atoms with Gasteiger partial charge in [-0.15, -0.1) is 0 Å². The van der Waals surface area contributed by atoms with Crippen molar-refractivity contribution in [1.82, 2.24) is 0 Å². The molecule has 1 aromatic rings. The van der Waals surface area contributed by atoms with Crippen LogP contribution in [0.2, 0.25) is 0 Å². The summed E-state index contributed by atoms with van der Waals surface area (Å²) in [5, 5.41) is 8.86. The number of thioether (sulfide) groups is 1. The third-order valence-electron chi connectivity index (χ3n) is 2.52. The van der Waals surface area contributed by atoms with Crippen molar-refractivity contribution in [3.63, 3.8) is 0 Å². The van der Waals surface area contributed by atoms with Crippen molar-refractivity contribution in [2.45, 2.75) is 25.1 Å². The molecule has 0 heterocycles. The number of nitrogens with two attached hydrogens (primary N) is 1. The molecule has 0 aromatic heterocycles. The number of ether oxygens (including phenoxy) is 1. The van der Waals surface area contributed by atoms with E-state index in [1.807, 2.05) is 12.1 Å². The maximum Gasteiger partial charge on any atom is 0.122 e. The molecule has 1 rings (SSSR count). The van der Waals surface area contributed by atoms with E-state index >= 15 is 0 Å². The van der Waals surface area contributed by atoms with Gasteiger partial charge in [0.25, 0.3) is 0 Å². The van der Waals surface area contributed by atoms with Crippen LogP contribution in [0.4, 0.5) is 0 Å². The molecule has 0 aliphatic carbocycles. The van der Waals surface area contributed by atoms with Gasteiger partial charge in [0.15, 0.2) is 0 Å². The second-order valence-corrected chi connectivity index (χ2v) is 4.85. The largest absolute Gasteiger partial charge is 0.496 e. The highest BCUT2D eigenvalue weighted by Crippen LogP contribution is 2.24. The highest BCUT2D eigenvalue weighted by Gasteiger charge is 2.06. The number of nitriles is 1. The lowest BCUT2D eigenvalue weighted by molar-refractivity contribution is 0.411. The number of nitrogens with zero attached hydrogens (tertiary/aromatic N) is 1. The van der Waals surface area contributed by atoms with Gasteiger partial charge in [0.2, 0.25) is 0 Å². The second-order valence-electron chi connectivity index (χ2n) is 3.82. The molecule has 2 N–H and O–H groups in total. The molecule has 0 saturated carbocycles. The third kappa shape index (κ3) is 4.29. The quantitative estimate of drug-likeness (QED) is 0.843. The van der Waals surface area contributed by atoms with Gasteiger partial charge in [0.1, 0.15) is 5.75 Å². The summed E-state index contributed by atoms with van der Waals surface area (Å²) in [6, 6.07) is 7.87. The van der Waals surface area contributed by atoms with E-state index < -0.39 is 0 Å². The Balaban J connectivity index is 2.65. The van der Waals surface area contributed by atoms with E-state index in [1.165, 1.54) is 0 Å². The molecule has 0 aliphatic heterocycles. The molecular formula is C13H18N2OS. The smallest absolute Gasteiger partial charge is 0.122 e. The molecule has 1 aromatic carbocycles. The monoisotopic (exact) mass is 250 g/mol. The summed E-state index contributed by atoms with van der Waals surface area (Å²) in [4.78, 5) is 0. The molecule has 4 heteroatoms. The van der Waals surface area contributed by atoms with E-state index in [2.05, 4.69) is 13.0 Å². The summed E-state index contributed by atoms with van der Waals surface area (Å²) >= 11 is 1.77. The van der Waals surface area contributed by atoms with Crippen LogP contribution in [0, 0.1) is 11.3 Å². The Morgan fingerprint density at radius 1 is 1.53 bits per heavy atom. The lowest BCUT2D eigenvalue weighted by atomic mass is 10.1. The van der Waals surface area contributed by atoms with Gasteiger partial charge in [-0.25, -0.2) is 0 Å². The average molecular weight is 250 g/mol. The Labute approximate surface area is 107 Å². The summed E-state index contributed by atoms with van der Waals surface area (Å²) < 4.78 is 5.27. The molecular weight excluding hydrogens is 232 g/mol. The fraction of sp³-hybridized carbons (Fsp3) is 0.462. The average Bonchev–Trinajstić information content (AvgIpc) is 2.38. The summed E-state index contributed by atoms with van der Waals surface area (Å²) in [5.41, 5.74) is 7.58. The molecule has 0 bridgehead atoms. The Hall–Kier alpha value is -1.18. The van der Waals surface area contributed by atoms with Crippen molar-refractivity contribution in [1.29, 1.82) is 5.26 Å². The molecule has 3 nitrogen and oxygen atoms in total. The zero-order valence-corrected chi connectivity index (χ0v) is 11.1. The summed E-state index contributed by atoms with van der Waals surface area (Å²) in [7, 11) is 1.65. The van der Waals surface area contributed by atoms with Crippen LogP contribution in [0.15, 0.2) is 18.2 Å². The van der Waals surface area contributed by atoms with Crippen LogP contribution < -0.4 is 10.5 Å². The molecule has 92 valence electrons. The number of rotatable bonds is 6. The van der Waals surface area contributed by atoms with Crippen LogP contribution in [-0.4, -0.2) is 18.9 Å². The van der Waals surface area contributed by atoms with Crippen molar-refractivity contribution in [2.75, 3.05) is 12.9 Å². The second kappa shape index (κ2) is 7.21. The van der Waals surface area contributed by atoms with Gasteiger partial charge >= 0.3 is 0 Å². The SMILES string of the molecule is CCC(N)CSCc1cc(C#N)ccc1OC. The summed E-state index contributed by atoms with van der Waals surface area (Å²) in [6.45, 7) is 2.09. The molecule has 1 unspecified atom stereocenters. The van der Waals surface area contributed by atoms with Crippen LogP contribution >= 0.6 is 11.8 Å². The number of hydrogen-bond acceptors (Lipinski definition) is 4. The van der Waals surface area contributed by atoms with Crippen molar-refractivity contribution >= 4 is 11.8 Å². The Morgan fingerprint density at radius 3 is 2.88 bits per heavy atom. The molecule has 0 saturated heterocycles. The van der Waals surface area contributed by atoms with Gasteiger partial charge in [0.05, 0.1) is 18.7 Å². The molecule has 0 fully saturated rings. The topological polar surface area (TPSA) is 59.0 Å². The van der Waals surface area contributed by atoms with Gasteiger partial charge in [0, 0.05) is 23.1 Å². The van der Waals surface area contributed by atoms with Crippen molar-refractivity contribution in [2.24, 2.45) is 5.73 Å². The Bertz CT molecular complexity index is 401. The van der Waals surface area contributed by atoms with E-state index in [-0.39, 0.29) is 6.04 Å². The van der Waals surface area contributed by atoms with Gasteiger partial charge in [-0.3, -0.25) is 0 Å². The first kappa shape index (κ1) is 13.9. The predicted molar refractivity (Wildman–Crippen MR) is 72.1 cm³/mol. The van der Waals surface area contributed by atoms with Crippen LogP contribution in [0.25, 0.3) is 0 Å². The van der Waals surface area contributed by atoms with E-state index in [0.717, 1.165) is 29.2 Å². The van der Waals surface area contributed by atoms with Crippen LogP contribution in [0.1, 0.15) is 24.5 Å². The van der Waals surface area contributed by atoms with Gasteiger partial charge in [-0.1, -0.05) is 6.92 Å². The van der Waals surface area contributed by atoms with Crippen LogP contribution in [-0.2, 0) is 5.75 Å². The normalized spacial score (nSPS) is 11.9. The zero-order valence-electron chi connectivity index (χ0n) is 10.3. The molecule has 0 radical (unpaired) electrons.